The van der Waals surface area contributed by atoms with E-state index in [2.05, 4.69) is 27.5 Å². The van der Waals surface area contributed by atoms with E-state index in [1.165, 1.54) is 0 Å². The Morgan fingerprint density at radius 3 is 2.47 bits per heavy atom. The number of rotatable bonds is 5. The topological polar surface area (TPSA) is 83.1 Å². The number of ether oxygens (including phenoxy) is 2. The molecule has 1 saturated heterocycles. The lowest BCUT2D eigenvalue weighted by Gasteiger charge is -2.38. The Labute approximate surface area is 175 Å². The minimum absolute atomic E-state index is 0.0679. The van der Waals surface area contributed by atoms with Crippen LogP contribution in [-0.2, 0) is 9.59 Å². The first-order valence-corrected chi connectivity index (χ1v) is 10.1. The summed E-state index contributed by atoms with van der Waals surface area (Å²) in [6.07, 6.45) is 0. The van der Waals surface area contributed by atoms with Gasteiger partial charge in [0.05, 0.1) is 6.04 Å². The number of para-hydroxylation sites is 1. The van der Waals surface area contributed by atoms with Crippen molar-refractivity contribution in [3.8, 4) is 11.5 Å². The summed E-state index contributed by atoms with van der Waals surface area (Å²) in [5.41, 5.74) is 1.61. The number of likely N-dealkylation sites (N-methyl/N-ethyl adjacent to an activating group) is 1. The van der Waals surface area contributed by atoms with Crippen molar-refractivity contribution in [2.24, 2.45) is 0 Å². The van der Waals surface area contributed by atoms with Crippen LogP contribution in [-0.4, -0.2) is 68.2 Å². The van der Waals surface area contributed by atoms with Crippen molar-refractivity contribution >= 4 is 17.5 Å². The second-order valence-electron chi connectivity index (χ2n) is 7.50. The number of piperazine rings is 1. The van der Waals surface area contributed by atoms with Crippen LogP contribution < -0.4 is 20.1 Å². The van der Waals surface area contributed by atoms with Gasteiger partial charge in [0.2, 0.25) is 6.79 Å². The molecular weight excluding hydrogens is 384 g/mol. The monoisotopic (exact) mass is 410 g/mol. The summed E-state index contributed by atoms with van der Waals surface area (Å²) in [4.78, 5) is 29.3. The number of nitrogens with one attached hydrogen (secondary N) is 2. The molecule has 0 radical (unpaired) electrons. The fourth-order valence-corrected chi connectivity index (χ4v) is 3.69. The van der Waals surface area contributed by atoms with Crippen LogP contribution in [0.15, 0.2) is 48.5 Å². The highest BCUT2D eigenvalue weighted by Gasteiger charge is 2.27. The molecule has 0 aliphatic carbocycles. The molecule has 1 unspecified atom stereocenters. The first-order valence-electron chi connectivity index (χ1n) is 10.1. The normalized spacial score (nSPS) is 17.4. The largest absolute Gasteiger partial charge is 0.454 e. The minimum atomic E-state index is -0.677. The van der Waals surface area contributed by atoms with Gasteiger partial charge in [-0.1, -0.05) is 24.3 Å². The number of fused-ring (bicyclic) bond motifs is 1. The number of carbonyl (C=O) groups excluding carboxylic acids is 2. The average Bonchev–Trinajstić information content (AvgIpc) is 3.23. The van der Waals surface area contributed by atoms with E-state index in [1.54, 1.807) is 24.3 Å². The molecule has 8 heteroatoms. The summed E-state index contributed by atoms with van der Waals surface area (Å²) in [6.45, 7) is 4.19. The van der Waals surface area contributed by atoms with E-state index in [9.17, 15) is 9.59 Å². The number of hydrogen-bond donors (Lipinski definition) is 2. The highest BCUT2D eigenvalue weighted by atomic mass is 16.7. The first kappa shape index (κ1) is 20.2. The van der Waals surface area contributed by atoms with E-state index in [0.717, 1.165) is 37.5 Å². The smallest absolute Gasteiger partial charge is 0.313 e. The molecule has 2 N–H and O–H groups in total. The lowest BCUT2D eigenvalue weighted by atomic mass is 10.0. The second kappa shape index (κ2) is 9.15. The Morgan fingerprint density at radius 2 is 1.70 bits per heavy atom. The van der Waals surface area contributed by atoms with Crippen molar-refractivity contribution in [2.45, 2.75) is 6.04 Å². The molecule has 2 aliphatic rings. The number of benzene rings is 2. The van der Waals surface area contributed by atoms with Crippen LogP contribution in [0.25, 0.3) is 0 Å². The second-order valence-corrected chi connectivity index (χ2v) is 7.50. The molecule has 8 nitrogen and oxygen atoms in total. The van der Waals surface area contributed by atoms with Crippen LogP contribution in [0.4, 0.5) is 5.69 Å². The third-order valence-electron chi connectivity index (χ3n) is 5.45. The molecular formula is C22H26N4O4. The molecule has 4 rings (SSSR count). The molecule has 2 aliphatic heterocycles. The van der Waals surface area contributed by atoms with Gasteiger partial charge in [0.1, 0.15) is 0 Å². The molecule has 2 aromatic rings. The molecule has 1 atom stereocenters. The summed E-state index contributed by atoms with van der Waals surface area (Å²) in [6, 6.07) is 14.7. The van der Waals surface area contributed by atoms with Crippen molar-refractivity contribution in [3.63, 3.8) is 0 Å². The molecule has 0 saturated carbocycles. The maximum Gasteiger partial charge on any atom is 0.313 e. The van der Waals surface area contributed by atoms with Crippen molar-refractivity contribution in [1.82, 2.24) is 15.1 Å². The predicted octanol–water partition coefficient (Wildman–Crippen LogP) is 1.46. The Balaban J connectivity index is 1.44. The van der Waals surface area contributed by atoms with Crippen molar-refractivity contribution < 1.29 is 19.1 Å². The quantitative estimate of drug-likeness (QED) is 0.727. The van der Waals surface area contributed by atoms with Gasteiger partial charge >= 0.3 is 11.8 Å². The number of carbonyl (C=O) groups is 2. The Hall–Kier alpha value is -3.10. The summed E-state index contributed by atoms with van der Waals surface area (Å²) in [5, 5.41) is 5.42. The van der Waals surface area contributed by atoms with Gasteiger partial charge in [-0.2, -0.15) is 0 Å². The fraction of sp³-hybridized carbons (Fsp3) is 0.364. The molecule has 2 amide bonds. The van der Waals surface area contributed by atoms with E-state index >= 15 is 0 Å². The van der Waals surface area contributed by atoms with E-state index < -0.39 is 11.8 Å². The lowest BCUT2D eigenvalue weighted by molar-refractivity contribution is -0.136. The third-order valence-corrected chi connectivity index (χ3v) is 5.45. The van der Waals surface area contributed by atoms with E-state index in [4.69, 9.17) is 9.47 Å². The Bertz CT molecular complexity index is 897. The molecule has 30 heavy (non-hydrogen) atoms. The van der Waals surface area contributed by atoms with Crippen LogP contribution in [0.2, 0.25) is 0 Å². The standard InChI is InChI=1S/C22H26N4O4/c1-25-9-11-26(12-10-25)18(16-7-8-19-20(13-16)30-15-29-19)14-23-21(27)22(28)24-17-5-3-2-4-6-17/h2-8,13,18H,9-12,14-15H2,1H3,(H,23,27)(H,24,28). The highest BCUT2D eigenvalue weighted by Crippen LogP contribution is 2.35. The molecule has 2 aromatic carbocycles. The van der Waals surface area contributed by atoms with Crippen LogP contribution in [0, 0.1) is 0 Å². The van der Waals surface area contributed by atoms with Gasteiger partial charge in [-0.3, -0.25) is 14.5 Å². The lowest BCUT2D eigenvalue weighted by Crippen LogP contribution is -2.49. The number of nitrogens with zero attached hydrogens (tertiary/aromatic N) is 2. The molecule has 1 fully saturated rings. The zero-order chi connectivity index (χ0) is 20.9. The molecule has 0 aromatic heterocycles. The highest BCUT2D eigenvalue weighted by molar-refractivity contribution is 6.39. The predicted molar refractivity (Wildman–Crippen MR) is 112 cm³/mol. The Morgan fingerprint density at radius 1 is 0.967 bits per heavy atom. The van der Waals surface area contributed by atoms with E-state index in [1.807, 2.05) is 24.3 Å². The van der Waals surface area contributed by atoms with Crippen LogP contribution in [0.3, 0.4) is 0 Å². The van der Waals surface area contributed by atoms with Gasteiger partial charge in [-0.05, 0) is 36.9 Å². The summed E-state index contributed by atoms with van der Waals surface area (Å²) >= 11 is 0. The summed E-state index contributed by atoms with van der Waals surface area (Å²) in [5.74, 6) is 0.102. The number of hydrogen-bond acceptors (Lipinski definition) is 6. The fourth-order valence-electron chi connectivity index (χ4n) is 3.69. The molecule has 0 bridgehead atoms. The molecule has 0 spiro atoms. The minimum Gasteiger partial charge on any atom is -0.454 e. The van der Waals surface area contributed by atoms with Crippen molar-refractivity contribution in [3.05, 3.63) is 54.1 Å². The maximum absolute atomic E-state index is 12.4. The molecule has 158 valence electrons. The number of amides is 2. The van der Waals surface area contributed by atoms with Crippen molar-refractivity contribution in [2.75, 3.05) is 51.9 Å². The average molecular weight is 410 g/mol. The van der Waals surface area contributed by atoms with Gasteiger partial charge in [-0.25, -0.2) is 0 Å². The SMILES string of the molecule is CN1CCN(C(CNC(=O)C(=O)Nc2ccccc2)c2ccc3c(c2)OCO3)CC1. The molecule has 2 heterocycles. The van der Waals surface area contributed by atoms with Crippen LogP contribution >= 0.6 is 0 Å². The van der Waals surface area contributed by atoms with Gasteiger partial charge in [0.25, 0.3) is 0 Å². The van der Waals surface area contributed by atoms with E-state index in [-0.39, 0.29) is 12.8 Å². The van der Waals surface area contributed by atoms with Gasteiger partial charge < -0.3 is 25.0 Å². The van der Waals surface area contributed by atoms with E-state index in [0.29, 0.717) is 18.0 Å². The zero-order valence-corrected chi connectivity index (χ0v) is 17.0. The summed E-state index contributed by atoms with van der Waals surface area (Å²) < 4.78 is 10.9. The zero-order valence-electron chi connectivity index (χ0n) is 17.0. The third kappa shape index (κ3) is 4.72. The maximum atomic E-state index is 12.4. The van der Waals surface area contributed by atoms with Crippen molar-refractivity contribution in [1.29, 1.82) is 0 Å². The van der Waals surface area contributed by atoms with Gasteiger partial charge in [0.15, 0.2) is 11.5 Å². The number of anilines is 1. The van der Waals surface area contributed by atoms with Gasteiger partial charge in [-0.15, -0.1) is 0 Å². The van der Waals surface area contributed by atoms with Gasteiger partial charge in [0, 0.05) is 38.4 Å². The van der Waals surface area contributed by atoms with Crippen LogP contribution in [0.1, 0.15) is 11.6 Å². The van der Waals surface area contributed by atoms with Crippen LogP contribution in [0.5, 0.6) is 11.5 Å². The Kier molecular flexibility index (Phi) is 6.15. The summed E-state index contributed by atoms with van der Waals surface area (Å²) in [7, 11) is 2.10. The first-order chi connectivity index (χ1) is 14.6.